The van der Waals surface area contributed by atoms with Crippen molar-refractivity contribution < 1.29 is 4.79 Å². The molecule has 0 N–H and O–H groups in total. The highest BCUT2D eigenvalue weighted by molar-refractivity contribution is 5.75. The van der Waals surface area contributed by atoms with E-state index in [4.69, 9.17) is 0 Å². The van der Waals surface area contributed by atoms with Gasteiger partial charge in [-0.2, -0.15) is 0 Å². The Morgan fingerprint density at radius 2 is 1.73 bits per heavy atom. The van der Waals surface area contributed by atoms with E-state index in [0.29, 0.717) is 0 Å². The van der Waals surface area contributed by atoms with Gasteiger partial charge in [0.05, 0.1) is 0 Å². The van der Waals surface area contributed by atoms with Crippen molar-refractivity contribution in [2.24, 2.45) is 5.41 Å². The molecule has 0 aromatic heterocycles. The Kier molecular flexibility index (Phi) is 3.51. The van der Waals surface area contributed by atoms with Gasteiger partial charge in [0.15, 0.2) is 0 Å². The van der Waals surface area contributed by atoms with Crippen LogP contribution in [0, 0.1) is 5.41 Å². The summed E-state index contributed by atoms with van der Waals surface area (Å²) in [5, 5.41) is 0. The highest BCUT2D eigenvalue weighted by Gasteiger charge is 2.13. The van der Waals surface area contributed by atoms with Gasteiger partial charge in [0.1, 0.15) is 6.29 Å². The lowest BCUT2D eigenvalue weighted by atomic mass is 9.96. The van der Waals surface area contributed by atoms with Crippen molar-refractivity contribution in [2.75, 3.05) is 18.5 Å². The van der Waals surface area contributed by atoms with Gasteiger partial charge < -0.3 is 4.90 Å². The third-order valence-electron chi connectivity index (χ3n) is 2.18. The third-order valence-corrected chi connectivity index (χ3v) is 2.18. The predicted molar refractivity (Wildman–Crippen MR) is 64.6 cm³/mol. The molecule has 2 nitrogen and oxygen atoms in total. The SMILES string of the molecule is CN(CC(C)(C)C)c1ccc(C=O)cc1. The molecule has 2 heteroatoms. The van der Waals surface area contributed by atoms with Crippen LogP contribution in [0.2, 0.25) is 0 Å². The first-order chi connectivity index (χ1) is 6.92. The minimum Gasteiger partial charge on any atom is -0.374 e. The van der Waals surface area contributed by atoms with Crippen LogP contribution >= 0.6 is 0 Å². The van der Waals surface area contributed by atoms with Gasteiger partial charge in [-0.15, -0.1) is 0 Å². The first-order valence-corrected chi connectivity index (χ1v) is 5.19. The zero-order valence-electron chi connectivity index (χ0n) is 9.95. The molecule has 0 saturated heterocycles. The Hall–Kier alpha value is -1.31. The smallest absolute Gasteiger partial charge is 0.150 e. The maximum absolute atomic E-state index is 10.5. The molecule has 0 saturated carbocycles. The highest BCUT2D eigenvalue weighted by atomic mass is 16.1. The summed E-state index contributed by atoms with van der Waals surface area (Å²) in [5.74, 6) is 0. The molecule has 0 amide bonds. The quantitative estimate of drug-likeness (QED) is 0.707. The summed E-state index contributed by atoms with van der Waals surface area (Å²) in [4.78, 5) is 12.7. The monoisotopic (exact) mass is 205 g/mol. The summed E-state index contributed by atoms with van der Waals surface area (Å²) in [5.41, 5.74) is 2.15. The fourth-order valence-electron chi connectivity index (χ4n) is 1.61. The van der Waals surface area contributed by atoms with Gasteiger partial charge in [-0.3, -0.25) is 4.79 Å². The van der Waals surface area contributed by atoms with E-state index in [1.807, 2.05) is 24.3 Å². The standard InChI is InChI=1S/C13H19NO/c1-13(2,3)10-14(4)12-7-5-11(9-15)6-8-12/h5-9H,10H2,1-4H3. The summed E-state index contributed by atoms with van der Waals surface area (Å²) >= 11 is 0. The fraction of sp³-hybridized carbons (Fsp3) is 0.462. The zero-order valence-corrected chi connectivity index (χ0v) is 9.95. The minimum absolute atomic E-state index is 0.276. The Labute approximate surface area is 91.9 Å². The molecule has 0 atom stereocenters. The molecule has 0 aliphatic rings. The molecule has 0 unspecified atom stereocenters. The molecule has 0 spiro atoms. The van der Waals surface area contributed by atoms with Crippen LogP contribution in [0.25, 0.3) is 0 Å². The van der Waals surface area contributed by atoms with Crippen LogP contribution < -0.4 is 4.90 Å². The first kappa shape index (κ1) is 11.8. The van der Waals surface area contributed by atoms with E-state index in [2.05, 4.69) is 32.7 Å². The molecular formula is C13H19NO. The maximum Gasteiger partial charge on any atom is 0.150 e. The van der Waals surface area contributed by atoms with E-state index in [9.17, 15) is 4.79 Å². The largest absolute Gasteiger partial charge is 0.374 e. The fourth-order valence-corrected chi connectivity index (χ4v) is 1.61. The third kappa shape index (κ3) is 3.74. The van der Waals surface area contributed by atoms with Crippen molar-refractivity contribution in [1.29, 1.82) is 0 Å². The van der Waals surface area contributed by atoms with E-state index >= 15 is 0 Å². The van der Waals surface area contributed by atoms with Gasteiger partial charge in [-0.25, -0.2) is 0 Å². The molecule has 0 heterocycles. The summed E-state index contributed by atoms with van der Waals surface area (Å²) in [6, 6.07) is 7.66. The lowest BCUT2D eigenvalue weighted by Gasteiger charge is -2.28. The van der Waals surface area contributed by atoms with E-state index in [-0.39, 0.29) is 5.41 Å². The van der Waals surface area contributed by atoms with E-state index in [1.54, 1.807) is 0 Å². The molecule has 0 fully saturated rings. The second-order valence-corrected chi connectivity index (χ2v) is 5.13. The minimum atomic E-state index is 0.276. The average Bonchev–Trinajstić information content (AvgIpc) is 2.15. The average molecular weight is 205 g/mol. The number of carbonyl (C=O) groups excluding carboxylic acids is 1. The number of benzene rings is 1. The van der Waals surface area contributed by atoms with E-state index in [0.717, 1.165) is 24.1 Å². The molecule has 0 bridgehead atoms. The van der Waals surface area contributed by atoms with Crippen molar-refractivity contribution in [2.45, 2.75) is 20.8 Å². The summed E-state index contributed by atoms with van der Waals surface area (Å²) in [7, 11) is 2.07. The number of anilines is 1. The number of carbonyl (C=O) groups is 1. The number of hydrogen-bond acceptors (Lipinski definition) is 2. The topological polar surface area (TPSA) is 20.3 Å². The Morgan fingerprint density at radius 1 is 1.20 bits per heavy atom. The Balaban J connectivity index is 2.74. The summed E-state index contributed by atoms with van der Waals surface area (Å²) < 4.78 is 0. The first-order valence-electron chi connectivity index (χ1n) is 5.19. The lowest BCUT2D eigenvalue weighted by Crippen LogP contribution is -2.28. The number of hydrogen-bond donors (Lipinski definition) is 0. The molecule has 82 valence electrons. The molecule has 15 heavy (non-hydrogen) atoms. The van der Waals surface area contributed by atoms with Crippen molar-refractivity contribution in [1.82, 2.24) is 0 Å². The van der Waals surface area contributed by atoms with Gasteiger partial charge in [0.25, 0.3) is 0 Å². The van der Waals surface area contributed by atoms with Crippen molar-refractivity contribution in [3.8, 4) is 0 Å². The van der Waals surface area contributed by atoms with Gasteiger partial charge in [0.2, 0.25) is 0 Å². The summed E-state index contributed by atoms with van der Waals surface area (Å²) in [6.45, 7) is 7.63. The lowest BCUT2D eigenvalue weighted by molar-refractivity contribution is 0.112. The van der Waals surface area contributed by atoms with Crippen molar-refractivity contribution in [3.05, 3.63) is 29.8 Å². The van der Waals surface area contributed by atoms with Crippen LogP contribution in [0.15, 0.2) is 24.3 Å². The van der Waals surface area contributed by atoms with Crippen LogP contribution in [-0.4, -0.2) is 19.9 Å². The summed E-state index contributed by atoms with van der Waals surface area (Å²) in [6.07, 6.45) is 0.869. The number of nitrogens with zero attached hydrogens (tertiary/aromatic N) is 1. The second-order valence-electron chi connectivity index (χ2n) is 5.13. The molecule has 0 radical (unpaired) electrons. The number of aldehydes is 1. The Morgan fingerprint density at radius 3 is 2.13 bits per heavy atom. The van der Waals surface area contributed by atoms with Gasteiger partial charge in [-0.1, -0.05) is 20.8 Å². The molecule has 0 aliphatic carbocycles. The van der Waals surface area contributed by atoms with Crippen LogP contribution in [-0.2, 0) is 0 Å². The van der Waals surface area contributed by atoms with Crippen LogP contribution in [0.5, 0.6) is 0 Å². The van der Waals surface area contributed by atoms with Crippen LogP contribution in [0.1, 0.15) is 31.1 Å². The van der Waals surface area contributed by atoms with Gasteiger partial charge in [-0.05, 0) is 29.7 Å². The van der Waals surface area contributed by atoms with Crippen molar-refractivity contribution >= 4 is 12.0 Å². The Bertz CT molecular complexity index is 321. The van der Waals surface area contributed by atoms with Gasteiger partial charge in [0, 0.05) is 24.8 Å². The van der Waals surface area contributed by atoms with E-state index < -0.39 is 0 Å². The molecule has 1 aromatic rings. The predicted octanol–water partition coefficient (Wildman–Crippen LogP) is 2.98. The molecule has 1 rings (SSSR count). The van der Waals surface area contributed by atoms with Gasteiger partial charge >= 0.3 is 0 Å². The second kappa shape index (κ2) is 4.47. The normalized spacial score (nSPS) is 11.2. The van der Waals surface area contributed by atoms with Crippen molar-refractivity contribution in [3.63, 3.8) is 0 Å². The maximum atomic E-state index is 10.5. The molecule has 0 aliphatic heterocycles. The van der Waals surface area contributed by atoms with E-state index in [1.165, 1.54) is 0 Å². The molecular weight excluding hydrogens is 186 g/mol. The van der Waals surface area contributed by atoms with Crippen LogP contribution in [0.4, 0.5) is 5.69 Å². The molecule has 1 aromatic carbocycles. The number of rotatable bonds is 3. The highest BCUT2D eigenvalue weighted by Crippen LogP contribution is 2.20. The van der Waals surface area contributed by atoms with Crippen LogP contribution in [0.3, 0.4) is 0 Å². The zero-order chi connectivity index (χ0) is 11.5.